The van der Waals surface area contributed by atoms with Crippen LogP contribution in [0.2, 0.25) is 0 Å². The minimum Gasteiger partial charge on any atom is -0.490 e. The molecule has 1 atom stereocenters. The second-order valence-electron chi connectivity index (χ2n) is 3.92. The Labute approximate surface area is 102 Å². The third-order valence-corrected chi connectivity index (χ3v) is 2.59. The van der Waals surface area contributed by atoms with Gasteiger partial charge in [-0.2, -0.15) is 0 Å². The molecule has 1 heterocycles. The lowest BCUT2D eigenvalue weighted by Gasteiger charge is -2.24. The van der Waals surface area contributed by atoms with Crippen LogP contribution in [0.4, 0.5) is 0 Å². The molecule has 1 aliphatic heterocycles. The van der Waals surface area contributed by atoms with Gasteiger partial charge in [-0.1, -0.05) is 12.1 Å². The lowest BCUT2D eigenvalue weighted by Crippen LogP contribution is -2.44. The molecule has 0 bridgehead atoms. The molecule has 4 nitrogen and oxygen atoms in total. The fraction of sp³-hybridized carbons (Fsp3) is 0.538. The molecule has 1 N–H and O–H groups in total. The number of benzene rings is 1. The molecular formula is C13H19NO3. The van der Waals surface area contributed by atoms with Crippen molar-refractivity contribution in [3.8, 4) is 11.5 Å². The predicted molar refractivity (Wildman–Crippen MR) is 65.7 cm³/mol. The fourth-order valence-corrected chi connectivity index (χ4v) is 1.76. The topological polar surface area (TPSA) is 39.7 Å². The van der Waals surface area contributed by atoms with Crippen LogP contribution in [0.1, 0.15) is 6.92 Å². The van der Waals surface area contributed by atoms with Crippen LogP contribution in [0, 0.1) is 0 Å². The second-order valence-corrected chi connectivity index (χ2v) is 3.92. The van der Waals surface area contributed by atoms with E-state index in [0.717, 1.165) is 24.7 Å². The Kier molecular flexibility index (Phi) is 4.64. The average molecular weight is 237 g/mol. The Morgan fingerprint density at radius 3 is 2.71 bits per heavy atom. The number of ether oxygens (including phenoxy) is 3. The summed E-state index contributed by atoms with van der Waals surface area (Å²) in [7, 11) is 0. The van der Waals surface area contributed by atoms with Crippen LogP contribution in [-0.4, -0.2) is 39.0 Å². The van der Waals surface area contributed by atoms with Gasteiger partial charge in [-0.15, -0.1) is 0 Å². The van der Waals surface area contributed by atoms with Crippen molar-refractivity contribution in [3.63, 3.8) is 0 Å². The number of nitrogens with one attached hydrogen (secondary N) is 1. The molecule has 0 amide bonds. The van der Waals surface area contributed by atoms with Gasteiger partial charge in [0, 0.05) is 6.54 Å². The third-order valence-electron chi connectivity index (χ3n) is 2.59. The minimum absolute atomic E-state index is 0.262. The molecule has 94 valence electrons. The van der Waals surface area contributed by atoms with Crippen molar-refractivity contribution in [3.05, 3.63) is 24.3 Å². The van der Waals surface area contributed by atoms with E-state index in [1.807, 2.05) is 31.2 Å². The summed E-state index contributed by atoms with van der Waals surface area (Å²) in [5.41, 5.74) is 0. The summed E-state index contributed by atoms with van der Waals surface area (Å²) in [5, 5.41) is 3.35. The van der Waals surface area contributed by atoms with E-state index >= 15 is 0 Å². The molecule has 1 saturated heterocycles. The van der Waals surface area contributed by atoms with Crippen LogP contribution >= 0.6 is 0 Å². The maximum Gasteiger partial charge on any atom is 0.161 e. The minimum atomic E-state index is 0.262. The molecule has 4 heteroatoms. The summed E-state index contributed by atoms with van der Waals surface area (Å²) >= 11 is 0. The van der Waals surface area contributed by atoms with Crippen LogP contribution in [0.15, 0.2) is 24.3 Å². The first-order valence-corrected chi connectivity index (χ1v) is 6.06. The maximum atomic E-state index is 5.76. The molecule has 17 heavy (non-hydrogen) atoms. The number of hydrogen-bond acceptors (Lipinski definition) is 4. The van der Waals surface area contributed by atoms with Crippen LogP contribution in [-0.2, 0) is 4.74 Å². The Balaban J connectivity index is 1.88. The molecule has 0 spiro atoms. The molecule has 1 fully saturated rings. The lowest BCUT2D eigenvalue weighted by atomic mass is 10.3. The first-order valence-electron chi connectivity index (χ1n) is 6.06. The Bertz CT molecular complexity index is 337. The summed E-state index contributed by atoms with van der Waals surface area (Å²) in [5.74, 6) is 1.59. The molecule has 0 aliphatic carbocycles. The SMILES string of the molecule is CCOc1ccccc1OCC1COCCN1. The van der Waals surface area contributed by atoms with Crippen molar-refractivity contribution < 1.29 is 14.2 Å². The van der Waals surface area contributed by atoms with Crippen LogP contribution in [0.5, 0.6) is 11.5 Å². The normalized spacial score (nSPS) is 19.9. The first-order chi connectivity index (χ1) is 8.40. The Morgan fingerprint density at radius 1 is 1.29 bits per heavy atom. The number of hydrogen-bond donors (Lipinski definition) is 1. The maximum absolute atomic E-state index is 5.76. The number of morpholine rings is 1. The molecule has 2 rings (SSSR count). The highest BCUT2D eigenvalue weighted by Crippen LogP contribution is 2.26. The molecule has 0 saturated carbocycles. The van der Waals surface area contributed by atoms with E-state index < -0.39 is 0 Å². The quantitative estimate of drug-likeness (QED) is 0.841. The molecular weight excluding hydrogens is 218 g/mol. The van der Waals surface area contributed by atoms with Gasteiger partial charge in [0.2, 0.25) is 0 Å². The van der Waals surface area contributed by atoms with Gasteiger partial charge in [0.1, 0.15) is 6.61 Å². The van der Waals surface area contributed by atoms with Crippen LogP contribution < -0.4 is 14.8 Å². The highest BCUT2D eigenvalue weighted by Gasteiger charge is 2.14. The Hall–Kier alpha value is -1.26. The van der Waals surface area contributed by atoms with E-state index in [9.17, 15) is 0 Å². The molecule has 0 aromatic heterocycles. The smallest absolute Gasteiger partial charge is 0.161 e. The zero-order valence-corrected chi connectivity index (χ0v) is 10.1. The summed E-state index contributed by atoms with van der Waals surface area (Å²) < 4.78 is 16.6. The van der Waals surface area contributed by atoms with Gasteiger partial charge in [0.15, 0.2) is 11.5 Å². The standard InChI is InChI=1S/C13H19NO3/c1-2-16-12-5-3-4-6-13(12)17-10-11-9-15-8-7-14-11/h3-6,11,14H,2,7-10H2,1H3. The van der Waals surface area contributed by atoms with Crippen LogP contribution in [0.25, 0.3) is 0 Å². The lowest BCUT2D eigenvalue weighted by molar-refractivity contribution is 0.0587. The van der Waals surface area contributed by atoms with Crippen molar-refractivity contribution >= 4 is 0 Å². The van der Waals surface area contributed by atoms with Gasteiger partial charge in [-0.05, 0) is 19.1 Å². The summed E-state index contributed by atoms with van der Waals surface area (Å²) in [6.45, 7) is 5.59. The fourth-order valence-electron chi connectivity index (χ4n) is 1.76. The van der Waals surface area contributed by atoms with E-state index in [0.29, 0.717) is 19.8 Å². The second kappa shape index (κ2) is 6.47. The van der Waals surface area contributed by atoms with Gasteiger partial charge < -0.3 is 19.5 Å². The first kappa shape index (κ1) is 12.2. The van der Waals surface area contributed by atoms with Crippen molar-refractivity contribution in [2.24, 2.45) is 0 Å². The van der Waals surface area contributed by atoms with E-state index in [1.54, 1.807) is 0 Å². The van der Waals surface area contributed by atoms with E-state index in [4.69, 9.17) is 14.2 Å². The van der Waals surface area contributed by atoms with Gasteiger partial charge >= 0.3 is 0 Å². The van der Waals surface area contributed by atoms with Crippen molar-refractivity contribution in [2.75, 3.05) is 33.0 Å². The summed E-state index contributed by atoms with van der Waals surface area (Å²) in [6, 6.07) is 8.00. The number of rotatable bonds is 5. The Morgan fingerprint density at radius 2 is 2.06 bits per heavy atom. The van der Waals surface area contributed by atoms with Crippen molar-refractivity contribution in [1.29, 1.82) is 0 Å². The average Bonchev–Trinajstić information content (AvgIpc) is 2.39. The summed E-state index contributed by atoms with van der Waals surface area (Å²) in [6.07, 6.45) is 0. The zero-order valence-electron chi connectivity index (χ0n) is 10.1. The monoisotopic (exact) mass is 237 g/mol. The summed E-state index contributed by atoms with van der Waals surface area (Å²) in [4.78, 5) is 0. The zero-order chi connectivity index (χ0) is 11.9. The molecule has 1 aromatic carbocycles. The highest BCUT2D eigenvalue weighted by atomic mass is 16.5. The van der Waals surface area contributed by atoms with Gasteiger partial charge in [0.05, 0.1) is 25.9 Å². The predicted octanol–water partition coefficient (Wildman–Crippen LogP) is 1.45. The van der Waals surface area contributed by atoms with E-state index in [1.165, 1.54) is 0 Å². The molecule has 1 aliphatic rings. The number of para-hydroxylation sites is 2. The van der Waals surface area contributed by atoms with E-state index in [-0.39, 0.29) is 6.04 Å². The van der Waals surface area contributed by atoms with Gasteiger partial charge in [-0.3, -0.25) is 0 Å². The third kappa shape index (κ3) is 3.61. The van der Waals surface area contributed by atoms with E-state index in [2.05, 4.69) is 5.32 Å². The van der Waals surface area contributed by atoms with Crippen LogP contribution in [0.3, 0.4) is 0 Å². The molecule has 0 radical (unpaired) electrons. The van der Waals surface area contributed by atoms with Crippen molar-refractivity contribution in [1.82, 2.24) is 5.32 Å². The molecule has 1 unspecified atom stereocenters. The van der Waals surface area contributed by atoms with Gasteiger partial charge in [-0.25, -0.2) is 0 Å². The highest BCUT2D eigenvalue weighted by molar-refractivity contribution is 5.39. The van der Waals surface area contributed by atoms with Gasteiger partial charge in [0.25, 0.3) is 0 Å². The largest absolute Gasteiger partial charge is 0.490 e. The molecule has 1 aromatic rings. The van der Waals surface area contributed by atoms with Crippen molar-refractivity contribution in [2.45, 2.75) is 13.0 Å².